The zero-order valence-electron chi connectivity index (χ0n) is 19.4. The lowest BCUT2D eigenvalue weighted by molar-refractivity contribution is -0.129. The van der Waals surface area contributed by atoms with Gasteiger partial charge in [-0.2, -0.15) is 0 Å². The number of fused-ring (bicyclic) bond motifs is 1. The number of nitrogens with zero attached hydrogens (tertiary/aromatic N) is 4. The minimum atomic E-state index is -0.745. The van der Waals surface area contributed by atoms with Crippen molar-refractivity contribution >= 4 is 17.5 Å². The Hall–Kier alpha value is -2.81. The molecule has 1 fully saturated rings. The number of pyridine rings is 1. The SMILES string of the molecule is COc1cccn2c(C(C)(C)NC(=O)[C@@H]3CN(C(=O)OC(C)(C)C)CCN3C)ncc12. The largest absolute Gasteiger partial charge is 0.494 e. The molecular formula is C22H33N5O4. The van der Waals surface area contributed by atoms with Crippen molar-refractivity contribution < 1.29 is 19.1 Å². The number of hydrogen-bond acceptors (Lipinski definition) is 6. The first-order valence-electron chi connectivity index (χ1n) is 10.4. The van der Waals surface area contributed by atoms with Crippen molar-refractivity contribution in [2.75, 3.05) is 33.8 Å². The molecule has 0 radical (unpaired) electrons. The van der Waals surface area contributed by atoms with E-state index in [4.69, 9.17) is 9.47 Å². The van der Waals surface area contributed by atoms with Crippen molar-refractivity contribution in [2.24, 2.45) is 0 Å². The summed E-state index contributed by atoms with van der Waals surface area (Å²) in [5.41, 5.74) is -0.498. The minimum absolute atomic E-state index is 0.166. The second-order valence-electron chi connectivity index (χ2n) is 9.45. The molecule has 0 aromatic carbocycles. The highest BCUT2D eigenvalue weighted by molar-refractivity contribution is 5.83. The second kappa shape index (κ2) is 8.37. The molecule has 1 aliphatic rings. The van der Waals surface area contributed by atoms with E-state index in [-0.39, 0.29) is 12.5 Å². The summed E-state index contributed by atoms with van der Waals surface area (Å²) in [6.07, 6.45) is 3.23. The van der Waals surface area contributed by atoms with Crippen molar-refractivity contribution in [1.82, 2.24) is 24.5 Å². The normalized spacial score (nSPS) is 18.2. The molecule has 0 aliphatic carbocycles. The van der Waals surface area contributed by atoms with E-state index in [0.717, 1.165) is 5.52 Å². The molecular weight excluding hydrogens is 398 g/mol. The Bertz CT molecular complexity index is 962. The molecule has 0 saturated carbocycles. The van der Waals surface area contributed by atoms with Gasteiger partial charge in [0.2, 0.25) is 5.91 Å². The molecule has 170 valence electrons. The lowest BCUT2D eigenvalue weighted by Gasteiger charge is -2.40. The van der Waals surface area contributed by atoms with Gasteiger partial charge >= 0.3 is 6.09 Å². The Kier molecular flexibility index (Phi) is 6.18. The molecule has 1 atom stereocenters. The molecule has 2 aromatic heterocycles. The van der Waals surface area contributed by atoms with Gasteiger partial charge in [0.25, 0.3) is 0 Å². The van der Waals surface area contributed by atoms with Crippen molar-refractivity contribution in [3.8, 4) is 5.75 Å². The maximum Gasteiger partial charge on any atom is 0.410 e. The maximum atomic E-state index is 13.2. The Balaban J connectivity index is 1.77. The van der Waals surface area contributed by atoms with Crippen LogP contribution < -0.4 is 10.1 Å². The summed E-state index contributed by atoms with van der Waals surface area (Å²) in [7, 11) is 3.50. The number of methoxy groups -OCH3 is 1. The van der Waals surface area contributed by atoms with E-state index < -0.39 is 23.3 Å². The summed E-state index contributed by atoms with van der Waals surface area (Å²) in [5.74, 6) is 1.24. The molecule has 1 N–H and O–H groups in total. The Morgan fingerprint density at radius 1 is 1.19 bits per heavy atom. The van der Waals surface area contributed by atoms with E-state index >= 15 is 0 Å². The summed E-state index contributed by atoms with van der Waals surface area (Å²) in [4.78, 5) is 33.8. The summed E-state index contributed by atoms with van der Waals surface area (Å²) in [6.45, 7) is 10.7. The lowest BCUT2D eigenvalue weighted by Crippen LogP contribution is -2.61. The fraction of sp³-hybridized carbons (Fsp3) is 0.591. The predicted molar refractivity (Wildman–Crippen MR) is 117 cm³/mol. The highest BCUT2D eigenvalue weighted by Gasteiger charge is 2.37. The van der Waals surface area contributed by atoms with Gasteiger partial charge in [0, 0.05) is 25.8 Å². The van der Waals surface area contributed by atoms with Crippen LogP contribution in [-0.2, 0) is 15.1 Å². The first-order chi connectivity index (χ1) is 14.4. The third-order valence-electron chi connectivity index (χ3n) is 5.35. The number of hydrogen-bond donors (Lipinski definition) is 1. The molecule has 0 unspecified atom stereocenters. The van der Waals surface area contributed by atoms with Crippen molar-refractivity contribution in [2.45, 2.75) is 51.8 Å². The number of carbonyl (C=O) groups is 2. The van der Waals surface area contributed by atoms with Crippen LogP contribution >= 0.6 is 0 Å². The molecule has 31 heavy (non-hydrogen) atoms. The fourth-order valence-electron chi connectivity index (χ4n) is 3.73. The third-order valence-corrected chi connectivity index (χ3v) is 5.35. The average molecular weight is 432 g/mol. The van der Waals surface area contributed by atoms with E-state index in [1.54, 1.807) is 18.2 Å². The van der Waals surface area contributed by atoms with Crippen LogP contribution in [0.15, 0.2) is 24.5 Å². The number of piperazine rings is 1. The lowest BCUT2D eigenvalue weighted by atomic mass is 10.0. The van der Waals surface area contributed by atoms with Crippen LogP contribution in [-0.4, -0.2) is 76.6 Å². The van der Waals surface area contributed by atoms with Gasteiger partial charge in [-0.3, -0.25) is 14.1 Å². The summed E-state index contributed by atoms with van der Waals surface area (Å²) >= 11 is 0. The van der Waals surface area contributed by atoms with E-state index in [2.05, 4.69) is 10.3 Å². The number of nitrogens with one attached hydrogen (secondary N) is 1. The van der Waals surface area contributed by atoms with Crippen LogP contribution in [0.2, 0.25) is 0 Å². The quantitative estimate of drug-likeness (QED) is 0.799. The number of imidazole rings is 1. The van der Waals surface area contributed by atoms with Crippen molar-refractivity contribution in [3.05, 3.63) is 30.4 Å². The molecule has 9 nitrogen and oxygen atoms in total. The highest BCUT2D eigenvalue weighted by atomic mass is 16.6. The summed E-state index contributed by atoms with van der Waals surface area (Å²) < 4.78 is 12.8. The smallest absolute Gasteiger partial charge is 0.410 e. The molecule has 2 aromatic rings. The minimum Gasteiger partial charge on any atom is -0.494 e. The number of amides is 2. The Labute approximate surface area is 183 Å². The number of ether oxygens (including phenoxy) is 2. The van der Waals surface area contributed by atoms with Crippen LogP contribution in [0.1, 0.15) is 40.4 Å². The van der Waals surface area contributed by atoms with E-state index in [0.29, 0.717) is 24.7 Å². The zero-order valence-corrected chi connectivity index (χ0v) is 19.4. The van der Waals surface area contributed by atoms with E-state index in [1.165, 1.54) is 0 Å². The van der Waals surface area contributed by atoms with E-state index in [1.807, 2.05) is 69.3 Å². The van der Waals surface area contributed by atoms with Gasteiger partial charge in [0.1, 0.15) is 28.7 Å². The number of likely N-dealkylation sites (N-methyl/N-ethyl adjacent to an activating group) is 1. The van der Waals surface area contributed by atoms with E-state index in [9.17, 15) is 9.59 Å². The van der Waals surface area contributed by atoms with Crippen LogP contribution in [0.4, 0.5) is 4.79 Å². The molecule has 3 rings (SSSR count). The van der Waals surface area contributed by atoms with Crippen molar-refractivity contribution in [1.29, 1.82) is 0 Å². The molecule has 3 heterocycles. The van der Waals surface area contributed by atoms with Gasteiger partial charge in [0.05, 0.1) is 18.8 Å². The first-order valence-corrected chi connectivity index (χ1v) is 10.4. The summed E-state index contributed by atoms with van der Waals surface area (Å²) in [6, 6.07) is 3.26. The van der Waals surface area contributed by atoms with Crippen LogP contribution in [0.5, 0.6) is 5.75 Å². The van der Waals surface area contributed by atoms with Crippen LogP contribution in [0, 0.1) is 0 Å². The molecule has 1 saturated heterocycles. The van der Waals surface area contributed by atoms with Gasteiger partial charge < -0.3 is 19.7 Å². The zero-order chi connectivity index (χ0) is 23.0. The molecule has 2 amide bonds. The number of rotatable bonds is 4. The number of aromatic nitrogens is 2. The van der Waals surface area contributed by atoms with Crippen LogP contribution in [0.25, 0.3) is 5.52 Å². The molecule has 1 aliphatic heterocycles. The Morgan fingerprint density at radius 2 is 1.90 bits per heavy atom. The average Bonchev–Trinajstić information content (AvgIpc) is 3.11. The van der Waals surface area contributed by atoms with Crippen molar-refractivity contribution in [3.63, 3.8) is 0 Å². The predicted octanol–water partition coefficient (Wildman–Crippen LogP) is 2.25. The highest BCUT2D eigenvalue weighted by Crippen LogP contribution is 2.26. The van der Waals surface area contributed by atoms with Gasteiger partial charge in [-0.25, -0.2) is 9.78 Å². The standard InChI is InChI=1S/C22H33N5O4/c1-21(2,3)31-20(29)26-12-11-25(6)16(14-26)18(28)24-22(4,5)19-23-13-15-17(30-7)9-8-10-27(15)19/h8-10,13,16H,11-12,14H2,1-7H3,(H,24,28)/t16-/m0/s1. The van der Waals surface area contributed by atoms with Gasteiger partial charge in [-0.1, -0.05) is 0 Å². The topological polar surface area (TPSA) is 88.4 Å². The second-order valence-corrected chi connectivity index (χ2v) is 9.45. The fourth-order valence-corrected chi connectivity index (χ4v) is 3.73. The molecule has 9 heteroatoms. The maximum absolute atomic E-state index is 13.2. The van der Waals surface area contributed by atoms with Gasteiger partial charge in [-0.05, 0) is 53.8 Å². The molecule has 0 spiro atoms. The van der Waals surface area contributed by atoms with Gasteiger partial charge in [0.15, 0.2) is 0 Å². The monoisotopic (exact) mass is 431 g/mol. The number of carbonyl (C=O) groups excluding carboxylic acids is 2. The first kappa shape index (κ1) is 22.9. The third kappa shape index (κ3) is 4.92. The van der Waals surface area contributed by atoms with Gasteiger partial charge in [-0.15, -0.1) is 0 Å². The molecule has 0 bridgehead atoms. The van der Waals surface area contributed by atoms with Crippen LogP contribution in [0.3, 0.4) is 0 Å². The Morgan fingerprint density at radius 3 is 2.55 bits per heavy atom. The summed E-state index contributed by atoms with van der Waals surface area (Å²) in [5, 5.41) is 3.11.